The summed E-state index contributed by atoms with van der Waals surface area (Å²) in [4.78, 5) is 10.6. The highest BCUT2D eigenvalue weighted by Crippen LogP contribution is 2.41. The average molecular weight is 351 g/mol. The predicted molar refractivity (Wildman–Crippen MR) is 70.1 cm³/mol. The predicted octanol–water partition coefficient (Wildman–Crippen LogP) is 2.34. The summed E-state index contributed by atoms with van der Waals surface area (Å²) in [5.41, 5.74) is 0. The van der Waals surface area contributed by atoms with Gasteiger partial charge in [-0.15, -0.1) is 23.4 Å². The summed E-state index contributed by atoms with van der Waals surface area (Å²) in [5, 5.41) is 18.7. The Labute approximate surface area is 134 Å². The molecule has 2 atom stereocenters. The van der Waals surface area contributed by atoms with Crippen LogP contribution in [-0.4, -0.2) is 46.5 Å². The van der Waals surface area contributed by atoms with E-state index < -0.39 is 24.7 Å². The number of nitrogens with one attached hydrogen (secondary N) is 1. The van der Waals surface area contributed by atoms with Crippen molar-refractivity contribution in [3.8, 4) is 0 Å². The first-order valence-corrected chi connectivity index (χ1v) is 7.49. The zero-order valence-corrected chi connectivity index (χ0v) is 12.5. The Morgan fingerprint density at radius 2 is 1.96 bits per heavy atom. The Morgan fingerprint density at radius 3 is 2.54 bits per heavy atom. The summed E-state index contributed by atoms with van der Waals surface area (Å²) in [6.45, 7) is 0.194. The number of aromatic nitrogens is 2. The molecule has 2 heterocycles. The lowest BCUT2D eigenvalue weighted by Crippen LogP contribution is -2.40. The first-order valence-electron chi connectivity index (χ1n) is 7.49. The minimum atomic E-state index is -4.63. The van der Waals surface area contributed by atoms with Crippen LogP contribution in [0.3, 0.4) is 0 Å². The van der Waals surface area contributed by atoms with E-state index in [2.05, 4.69) is 20.3 Å². The van der Waals surface area contributed by atoms with Crippen molar-refractivity contribution in [2.75, 3.05) is 6.61 Å². The fraction of sp³-hybridized carbons (Fsp3) is 0.769. The molecule has 1 aliphatic heterocycles. The lowest BCUT2D eigenvalue weighted by molar-refractivity contribution is -0.352. The molecule has 2 fully saturated rings. The standard InChI is InChI=1S/C13H16F3N3O5/c14-13(15,16)24-8-3-6(4-8)10-18-19-11(23-10)9-2-1-7(5-22-9)17-12(20)21/h6-9,17H,1-5H2,(H,20,21)/t6?,7-,8?,9+/m1/s1. The third-order valence-electron chi connectivity index (χ3n) is 4.08. The van der Waals surface area contributed by atoms with Gasteiger partial charge in [-0.05, 0) is 25.7 Å². The van der Waals surface area contributed by atoms with Gasteiger partial charge in [-0.1, -0.05) is 0 Å². The van der Waals surface area contributed by atoms with Crippen molar-refractivity contribution in [3.63, 3.8) is 0 Å². The maximum atomic E-state index is 12.1. The molecule has 0 aromatic carbocycles. The Hall–Kier alpha value is -1.88. The van der Waals surface area contributed by atoms with Gasteiger partial charge in [-0.3, -0.25) is 4.74 Å². The van der Waals surface area contributed by atoms with E-state index in [0.29, 0.717) is 12.8 Å². The van der Waals surface area contributed by atoms with Gasteiger partial charge in [0.25, 0.3) is 0 Å². The van der Waals surface area contributed by atoms with Crippen LogP contribution in [0.5, 0.6) is 0 Å². The number of amides is 1. The Bertz CT molecular complexity index is 580. The molecule has 3 rings (SSSR count). The molecule has 1 aliphatic carbocycles. The van der Waals surface area contributed by atoms with E-state index in [4.69, 9.17) is 14.3 Å². The van der Waals surface area contributed by atoms with Crippen molar-refractivity contribution < 1.29 is 37.0 Å². The fourth-order valence-corrected chi connectivity index (χ4v) is 2.83. The van der Waals surface area contributed by atoms with Gasteiger partial charge in [0.1, 0.15) is 6.10 Å². The molecule has 1 saturated carbocycles. The van der Waals surface area contributed by atoms with E-state index in [1.54, 1.807) is 0 Å². The summed E-state index contributed by atoms with van der Waals surface area (Å²) in [6, 6.07) is -0.284. The molecule has 134 valence electrons. The number of alkyl halides is 3. The van der Waals surface area contributed by atoms with Crippen molar-refractivity contribution >= 4 is 6.09 Å². The molecule has 0 bridgehead atoms. The van der Waals surface area contributed by atoms with Gasteiger partial charge < -0.3 is 19.6 Å². The van der Waals surface area contributed by atoms with Crippen LogP contribution in [0.25, 0.3) is 0 Å². The number of halogens is 3. The monoisotopic (exact) mass is 351 g/mol. The van der Waals surface area contributed by atoms with Gasteiger partial charge in [0.05, 0.1) is 18.8 Å². The molecule has 0 radical (unpaired) electrons. The molecule has 1 aromatic rings. The van der Waals surface area contributed by atoms with Gasteiger partial charge in [-0.25, -0.2) is 4.79 Å². The zero-order chi connectivity index (χ0) is 17.3. The largest absolute Gasteiger partial charge is 0.522 e. The van der Waals surface area contributed by atoms with Crippen LogP contribution < -0.4 is 5.32 Å². The van der Waals surface area contributed by atoms with E-state index in [0.717, 1.165) is 0 Å². The number of hydrogen-bond acceptors (Lipinski definition) is 6. The molecule has 1 aromatic heterocycles. The van der Waals surface area contributed by atoms with E-state index in [9.17, 15) is 18.0 Å². The van der Waals surface area contributed by atoms with Crippen molar-refractivity contribution in [2.45, 2.75) is 56.2 Å². The second-order valence-corrected chi connectivity index (χ2v) is 5.88. The minimum Gasteiger partial charge on any atom is -0.465 e. The van der Waals surface area contributed by atoms with Gasteiger partial charge in [0.2, 0.25) is 11.8 Å². The number of rotatable bonds is 4. The fourth-order valence-electron chi connectivity index (χ4n) is 2.83. The van der Waals surface area contributed by atoms with E-state index in [1.165, 1.54) is 0 Å². The maximum absolute atomic E-state index is 12.1. The average Bonchev–Trinajstić information content (AvgIpc) is 2.91. The molecule has 1 amide bonds. The van der Waals surface area contributed by atoms with E-state index >= 15 is 0 Å². The van der Waals surface area contributed by atoms with Crippen molar-refractivity contribution in [3.05, 3.63) is 11.8 Å². The van der Waals surface area contributed by atoms with Gasteiger partial charge >= 0.3 is 12.5 Å². The lowest BCUT2D eigenvalue weighted by Gasteiger charge is -2.32. The van der Waals surface area contributed by atoms with Crippen molar-refractivity contribution in [1.82, 2.24) is 15.5 Å². The Balaban J connectivity index is 1.48. The molecule has 0 unspecified atom stereocenters. The zero-order valence-electron chi connectivity index (χ0n) is 12.5. The van der Waals surface area contributed by atoms with Gasteiger partial charge in [0.15, 0.2) is 0 Å². The van der Waals surface area contributed by atoms with Crippen molar-refractivity contribution in [2.24, 2.45) is 0 Å². The van der Waals surface area contributed by atoms with Crippen LogP contribution in [0.1, 0.15) is 49.5 Å². The van der Waals surface area contributed by atoms with Gasteiger partial charge in [0, 0.05) is 5.92 Å². The third-order valence-corrected chi connectivity index (χ3v) is 4.08. The van der Waals surface area contributed by atoms with Crippen LogP contribution in [0.15, 0.2) is 4.42 Å². The summed E-state index contributed by atoms with van der Waals surface area (Å²) < 4.78 is 51.2. The van der Waals surface area contributed by atoms with E-state index in [1.807, 2.05) is 0 Å². The molecular formula is C13H16F3N3O5. The second kappa shape index (κ2) is 6.55. The van der Waals surface area contributed by atoms with Crippen LogP contribution >= 0.6 is 0 Å². The Kier molecular flexibility index (Phi) is 4.63. The van der Waals surface area contributed by atoms with Crippen LogP contribution in [0.2, 0.25) is 0 Å². The van der Waals surface area contributed by atoms with E-state index in [-0.39, 0.29) is 43.2 Å². The molecule has 0 spiro atoms. The molecule has 2 N–H and O–H groups in total. The highest BCUT2D eigenvalue weighted by Gasteiger charge is 2.42. The molecule has 1 saturated heterocycles. The molecule has 8 nitrogen and oxygen atoms in total. The third kappa shape index (κ3) is 4.15. The Morgan fingerprint density at radius 1 is 1.25 bits per heavy atom. The summed E-state index contributed by atoms with van der Waals surface area (Å²) in [5.74, 6) is 0.295. The molecule has 2 aliphatic rings. The quantitative estimate of drug-likeness (QED) is 0.857. The number of nitrogens with zero attached hydrogens (tertiary/aromatic N) is 2. The molecule has 11 heteroatoms. The molecule has 24 heavy (non-hydrogen) atoms. The number of hydrogen-bond donors (Lipinski definition) is 2. The van der Waals surface area contributed by atoms with Gasteiger partial charge in [-0.2, -0.15) is 0 Å². The van der Waals surface area contributed by atoms with Crippen molar-refractivity contribution in [1.29, 1.82) is 0 Å². The summed E-state index contributed by atoms with van der Waals surface area (Å²) in [7, 11) is 0. The topological polar surface area (TPSA) is 107 Å². The number of carboxylic acid groups (broad SMARTS) is 1. The minimum absolute atomic E-state index is 0.178. The number of carbonyl (C=O) groups is 1. The SMILES string of the molecule is O=C(O)N[C@@H]1CC[C@@H](c2nnc(C3CC(OC(F)(F)F)C3)o2)OC1. The first kappa shape index (κ1) is 17.0. The maximum Gasteiger partial charge on any atom is 0.522 e. The number of ether oxygens (including phenoxy) is 2. The normalized spacial score (nSPS) is 30.6. The summed E-state index contributed by atoms with van der Waals surface area (Å²) in [6.07, 6.45) is -5.61. The van der Waals surface area contributed by atoms with Crippen LogP contribution in [-0.2, 0) is 9.47 Å². The smallest absolute Gasteiger partial charge is 0.465 e. The molecular weight excluding hydrogens is 335 g/mol. The highest BCUT2D eigenvalue weighted by molar-refractivity contribution is 5.64. The summed E-state index contributed by atoms with van der Waals surface area (Å²) >= 11 is 0. The second-order valence-electron chi connectivity index (χ2n) is 5.88. The van der Waals surface area contributed by atoms with Crippen LogP contribution in [0.4, 0.5) is 18.0 Å². The highest BCUT2D eigenvalue weighted by atomic mass is 19.4. The van der Waals surface area contributed by atoms with Crippen LogP contribution in [0, 0.1) is 0 Å². The first-order chi connectivity index (χ1) is 11.3. The lowest BCUT2D eigenvalue weighted by atomic mass is 9.82.